The fourth-order valence-electron chi connectivity index (χ4n) is 2.10. The maximum Gasteiger partial charge on any atom is 0.146 e. The van der Waals surface area contributed by atoms with Gasteiger partial charge in [-0.05, 0) is 42.7 Å². The summed E-state index contributed by atoms with van der Waals surface area (Å²) in [5.41, 5.74) is 3.65. The largest absolute Gasteiger partial charge is 0.496 e. The molecule has 100 valence electrons. The minimum absolute atomic E-state index is 0.217. The third kappa shape index (κ3) is 3.05. The molecule has 19 heavy (non-hydrogen) atoms. The lowest BCUT2D eigenvalue weighted by molar-refractivity contribution is 0.411. The van der Waals surface area contributed by atoms with Gasteiger partial charge in [0.15, 0.2) is 0 Å². The maximum atomic E-state index is 13.7. The number of hydrogen-bond acceptors (Lipinski definition) is 2. The minimum atomic E-state index is -0.217. The van der Waals surface area contributed by atoms with Crippen molar-refractivity contribution in [3.8, 4) is 5.75 Å². The van der Waals surface area contributed by atoms with E-state index < -0.39 is 0 Å². The highest BCUT2D eigenvalue weighted by atomic mass is 19.1. The summed E-state index contributed by atoms with van der Waals surface area (Å²) in [6.07, 6.45) is 0. The number of rotatable bonds is 4. The summed E-state index contributed by atoms with van der Waals surface area (Å²) >= 11 is 0. The molecule has 2 nitrogen and oxygen atoms in total. The van der Waals surface area contributed by atoms with Crippen LogP contribution < -0.4 is 10.1 Å². The van der Waals surface area contributed by atoms with Gasteiger partial charge in [-0.15, -0.1) is 0 Å². The van der Waals surface area contributed by atoms with Crippen LogP contribution in [0.3, 0.4) is 0 Å². The summed E-state index contributed by atoms with van der Waals surface area (Å²) in [4.78, 5) is 0. The van der Waals surface area contributed by atoms with Gasteiger partial charge >= 0.3 is 0 Å². The Kier molecular flexibility index (Phi) is 4.05. The van der Waals surface area contributed by atoms with E-state index in [1.165, 1.54) is 6.07 Å². The molecule has 2 aromatic carbocycles. The van der Waals surface area contributed by atoms with Crippen molar-refractivity contribution in [2.45, 2.75) is 20.4 Å². The second-order valence-corrected chi connectivity index (χ2v) is 4.59. The minimum Gasteiger partial charge on any atom is -0.496 e. The first kappa shape index (κ1) is 13.4. The molecule has 0 aliphatic carbocycles. The van der Waals surface area contributed by atoms with Crippen molar-refractivity contribution in [3.63, 3.8) is 0 Å². The van der Waals surface area contributed by atoms with E-state index in [4.69, 9.17) is 4.74 Å². The van der Waals surface area contributed by atoms with E-state index in [1.807, 2.05) is 38.1 Å². The number of aryl methyl sites for hydroxylation is 2. The molecule has 0 bridgehead atoms. The summed E-state index contributed by atoms with van der Waals surface area (Å²) in [5, 5.41) is 3.15. The predicted octanol–water partition coefficient (Wildman–Crippen LogP) is 4.06. The Hall–Kier alpha value is -2.03. The molecule has 2 aromatic rings. The van der Waals surface area contributed by atoms with Crippen LogP contribution >= 0.6 is 0 Å². The van der Waals surface area contributed by atoms with Gasteiger partial charge in [0.05, 0.1) is 12.8 Å². The van der Waals surface area contributed by atoms with E-state index in [1.54, 1.807) is 13.2 Å². The number of nitrogens with one attached hydrogen (secondary N) is 1. The van der Waals surface area contributed by atoms with Gasteiger partial charge in [0.1, 0.15) is 11.6 Å². The Balaban J connectivity index is 2.13. The summed E-state index contributed by atoms with van der Waals surface area (Å²) < 4.78 is 18.9. The molecule has 0 spiro atoms. The lowest BCUT2D eigenvalue weighted by Crippen LogP contribution is -2.03. The van der Waals surface area contributed by atoms with E-state index in [9.17, 15) is 4.39 Å². The zero-order chi connectivity index (χ0) is 13.8. The van der Waals surface area contributed by atoms with Crippen LogP contribution in [0.25, 0.3) is 0 Å². The van der Waals surface area contributed by atoms with Crippen LogP contribution in [0.4, 0.5) is 10.1 Å². The molecule has 0 atom stereocenters. The molecule has 0 aliphatic heterocycles. The number of anilines is 1. The van der Waals surface area contributed by atoms with Gasteiger partial charge in [-0.1, -0.05) is 24.3 Å². The van der Waals surface area contributed by atoms with Crippen LogP contribution in [0.5, 0.6) is 5.75 Å². The molecule has 2 rings (SSSR count). The van der Waals surface area contributed by atoms with Gasteiger partial charge in [0, 0.05) is 6.54 Å². The smallest absolute Gasteiger partial charge is 0.146 e. The van der Waals surface area contributed by atoms with Crippen molar-refractivity contribution < 1.29 is 9.13 Å². The number of benzene rings is 2. The molecule has 0 radical (unpaired) electrons. The zero-order valence-corrected chi connectivity index (χ0v) is 11.5. The standard InChI is InChI=1S/C16H18FNO/c1-11-5-4-6-14(17)16(11)18-10-13-7-8-15(19-3)12(2)9-13/h4-9,18H,10H2,1-3H3. The molecule has 0 fully saturated rings. The molecule has 0 aliphatic rings. The average Bonchev–Trinajstić information content (AvgIpc) is 2.38. The second kappa shape index (κ2) is 5.74. The second-order valence-electron chi connectivity index (χ2n) is 4.59. The number of para-hydroxylation sites is 1. The molecular formula is C16H18FNO. The SMILES string of the molecule is COc1ccc(CNc2c(C)cccc2F)cc1C. The Morgan fingerprint density at radius 1 is 1.11 bits per heavy atom. The van der Waals surface area contributed by atoms with E-state index in [-0.39, 0.29) is 5.82 Å². The fraction of sp³-hybridized carbons (Fsp3) is 0.250. The van der Waals surface area contributed by atoms with Crippen molar-refractivity contribution in [2.75, 3.05) is 12.4 Å². The van der Waals surface area contributed by atoms with Gasteiger partial charge in [0.2, 0.25) is 0 Å². The Labute approximate surface area is 113 Å². The quantitative estimate of drug-likeness (QED) is 0.894. The molecule has 0 saturated heterocycles. The van der Waals surface area contributed by atoms with Gasteiger partial charge in [-0.2, -0.15) is 0 Å². The van der Waals surface area contributed by atoms with Crippen molar-refractivity contribution in [2.24, 2.45) is 0 Å². The number of ether oxygens (including phenoxy) is 1. The molecule has 0 amide bonds. The Bertz CT molecular complexity index is 561. The number of hydrogen-bond donors (Lipinski definition) is 1. The first-order valence-corrected chi connectivity index (χ1v) is 6.24. The van der Waals surface area contributed by atoms with Crippen LogP contribution in [-0.2, 0) is 6.54 Å². The highest BCUT2D eigenvalue weighted by Crippen LogP contribution is 2.22. The third-order valence-electron chi connectivity index (χ3n) is 3.15. The maximum absolute atomic E-state index is 13.7. The topological polar surface area (TPSA) is 21.3 Å². The summed E-state index contributed by atoms with van der Waals surface area (Å²) in [6.45, 7) is 4.48. The lowest BCUT2D eigenvalue weighted by Gasteiger charge is -2.12. The normalized spacial score (nSPS) is 10.3. The first-order valence-electron chi connectivity index (χ1n) is 6.24. The van der Waals surface area contributed by atoms with Crippen LogP contribution in [-0.4, -0.2) is 7.11 Å². The predicted molar refractivity (Wildman–Crippen MR) is 76.2 cm³/mol. The van der Waals surface area contributed by atoms with E-state index in [2.05, 4.69) is 5.32 Å². The Morgan fingerprint density at radius 2 is 1.89 bits per heavy atom. The van der Waals surface area contributed by atoms with Crippen LogP contribution in [0, 0.1) is 19.7 Å². The van der Waals surface area contributed by atoms with Crippen molar-refractivity contribution >= 4 is 5.69 Å². The van der Waals surface area contributed by atoms with Crippen molar-refractivity contribution in [3.05, 3.63) is 58.9 Å². The van der Waals surface area contributed by atoms with Crippen molar-refractivity contribution in [1.82, 2.24) is 0 Å². The molecule has 3 heteroatoms. The molecule has 0 heterocycles. The average molecular weight is 259 g/mol. The molecule has 0 unspecified atom stereocenters. The third-order valence-corrected chi connectivity index (χ3v) is 3.15. The van der Waals surface area contributed by atoms with Gasteiger partial charge in [0.25, 0.3) is 0 Å². The summed E-state index contributed by atoms with van der Waals surface area (Å²) in [6, 6.07) is 11.0. The van der Waals surface area contributed by atoms with E-state index >= 15 is 0 Å². The van der Waals surface area contributed by atoms with E-state index in [0.717, 1.165) is 22.4 Å². The highest BCUT2D eigenvalue weighted by molar-refractivity contribution is 5.52. The summed E-state index contributed by atoms with van der Waals surface area (Å²) in [5.74, 6) is 0.649. The number of halogens is 1. The van der Waals surface area contributed by atoms with Gasteiger partial charge in [-0.25, -0.2) is 4.39 Å². The first-order chi connectivity index (χ1) is 9.11. The molecule has 0 saturated carbocycles. The molecule has 0 aromatic heterocycles. The Morgan fingerprint density at radius 3 is 2.53 bits per heavy atom. The van der Waals surface area contributed by atoms with Gasteiger partial charge in [-0.3, -0.25) is 0 Å². The van der Waals surface area contributed by atoms with Crippen LogP contribution in [0.2, 0.25) is 0 Å². The zero-order valence-electron chi connectivity index (χ0n) is 11.5. The fourth-order valence-corrected chi connectivity index (χ4v) is 2.10. The molecular weight excluding hydrogens is 241 g/mol. The highest BCUT2D eigenvalue weighted by Gasteiger charge is 2.05. The van der Waals surface area contributed by atoms with E-state index in [0.29, 0.717) is 12.2 Å². The van der Waals surface area contributed by atoms with Crippen LogP contribution in [0.1, 0.15) is 16.7 Å². The van der Waals surface area contributed by atoms with Crippen molar-refractivity contribution in [1.29, 1.82) is 0 Å². The van der Waals surface area contributed by atoms with Gasteiger partial charge < -0.3 is 10.1 Å². The monoisotopic (exact) mass is 259 g/mol. The molecule has 1 N–H and O–H groups in total. The number of methoxy groups -OCH3 is 1. The summed E-state index contributed by atoms with van der Waals surface area (Å²) in [7, 11) is 1.66. The van der Waals surface area contributed by atoms with Crippen LogP contribution in [0.15, 0.2) is 36.4 Å². The lowest BCUT2D eigenvalue weighted by atomic mass is 10.1.